The third kappa shape index (κ3) is 3.72. The molecule has 20 heavy (non-hydrogen) atoms. The lowest BCUT2D eigenvalue weighted by Gasteiger charge is -2.14. The van der Waals surface area contributed by atoms with Crippen LogP contribution >= 0.6 is 22.9 Å². The van der Waals surface area contributed by atoms with Gasteiger partial charge in [0.1, 0.15) is 5.01 Å². The van der Waals surface area contributed by atoms with Crippen LogP contribution in [-0.4, -0.2) is 10.1 Å². The molecule has 0 unspecified atom stereocenters. The Balaban J connectivity index is 2.07. The van der Waals surface area contributed by atoms with Gasteiger partial charge in [0.2, 0.25) is 0 Å². The second-order valence-electron chi connectivity index (χ2n) is 5.70. The quantitative estimate of drug-likeness (QED) is 0.889. The number of nitrogens with zero attached hydrogens (tertiary/aromatic N) is 1. The summed E-state index contributed by atoms with van der Waals surface area (Å²) in [7, 11) is 0. The molecular weight excluding hydrogens is 292 g/mol. The largest absolute Gasteiger partial charge is 0.392 e. The smallest absolute Gasteiger partial charge is 0.112 e. The van der Waals surface area contributed by atoms with Gasteiger partial charge < -0.3 is 10.4 Å². The topological polar surface area (TPSA) is 45.1 Å². The summed E-state index contributed by atoms with van der Waals surface area (Å²) in [6.45, 7) is 7.11. The summed E-state index contributed by atoms with van der Waals surface area (Å²) in [6, 6.07) is 5.47. The molecule has 0 radical (unpaired) electrons. The molecule has 1 aromatic heterocycles. The van der Waals surface area contributed by atoms with Crippen molar-refractivity contribution in [1.29, 1.82) is 0 Å². The lowest BCUT2D eigenvalue weighted by atomic mass is 9.93. The molecule has 2 aromatic rings. The number of nitrogens with one attached hydrogen (secondary N) is 1. The Morgan fingerprint density at radius 2 is 2.10 bits per heavy atom. The van der Waals surface area contributed by atoms with Crippen molar-refractivity contribution >= 4 is 28.6 Å². The number of halogens is 1. The standard InChI is InChI=1S/C15H19ClN2OS/c1-15(2,3)13-9-20-14(18-13)7-17-12-6-10(8-19)4-5-11(12)16/h4-6,9,17,19H,7-8H2,1-3H3. The molecule has 0 amide bonds. The summed E-state index contributed by atoms with van der Waals surface area (Å²) in [5.41, 5.74) is 2.84. The fourth-order valence-electron chi connectivity index (χ4n) is 1.71. The van der Waals surface area contributed by atoms with E-state index in [1.54, 1.807) is 17.4 Å². The predicted molar refractivity (Wildman–Crippen MR) is 85.5 cm³/mol. The van der Waals surface area contributed by atoms with E-state index in [-0.39, 0.29) is 12.0 Å². The molecule has 0 saturated carbocycles. The van der Waals surface area contributed by atoms with E-state index < -0.39 is 0 Å². The van der Waals surface area contributed by atoms with Gasteiger partial charge in [-0.2, -0.15) is 0 Å². The first-order chi connectivity index (χ1) is 9.40. The number of hydrogen-bond donors (Lipinski definition) is 2. The third-order valence-corrected chi connectivity index (χ3v) is 4.14. The SMILES string of the molecule is CC(C)(C)c1csc(CNc2cc(CO)ccc2Cl)n1. The lowest BCUT2D eigenvalue weighted by Crippen LogP contribution is -2.12. The summed E-state index contributed by atoms with van der Waals surface area (Å²) in [5, 5.41) is 16.2. The molecule has 1 aromatic carbocycles. The van der Waals surface area contributed by atoms with Crippen molar-refractivity contribution in [3.8, 4) is 0 Å². The Kier molecular flexibility index (Phi) is 4.68. The molecule has 2 rings (SSSR count). The molecule has 3 nitrogen and oxygen atoms in total. The van der Waals surface area contributed by atoms with Crippen molar-refractivity contribution < 1.29 is 5.11 Å². The number of hydrogen-bond acceptors (Lipinski definition) is 4. The molecule has 0 spiro atoms. The number of anilines is 1. The highest BCUT2D eigenvalue weighted by Crippen LogP contribution is 2.26. The van der Waals surface area contributed by atoms with Gasteiger partial charge in [0.15, 0.2) is 0 Å². The summed E-state index contributed by atoms with van der Waals surface area (Å²) in [6.07, 6.45) is 0. The monoisotopic (exact) mass is 310 g/mol. The fraction of sp³-hybridized carbons (Fsp3) is 0.400. The van der Waals surface area contributed by atoms with E-state index in [9.17, 15) is 0 Å². The van der Waals surface area contributed by atoms with Crippen molar-refractivity contribution in [2.75, 3.05) is 5.32 Å². The number of aliphatic hydroxyl groups is 1. The highest BCUT2D eigenvalue weighted by Gasteiger charge is 2.17. The molecule has 1 heterocycles. The molecule has 0 aliphatic carbocycles. The Bertz CT molecular complexity index is 590. The van der Waals surface area contributed by atoms with Crippen molar-refractivity contribution in [3.63, 3.8) is 0 Å². The van der Waals surface area contributed by atoms with Gasteiger partial charge in [0.05, 0.1) is 29.6 Å². The van der Waals surface area contributed by atoms with E-state index in [4.69, 9.17) is 16.7 Å². The van der Waals surface area contributed by atoms with Gasteiger partial charge in [-0.05, 0) is 17.7 Å². The van der Waals surface area contributed by atoms with E-state index in [2.05, 4.69) is 36.5 Å². The molecule has 0 aliphatic rings. The van der Waals surface area contributed by atoms with Crippen molar-refractivity contribution in [1.82, 2.24) is 4.98 Å². The summed E-state index contributed by atoms with van der Waals surface area (Å²) in [4.78, 5) is 4.63. The molecule has 0 fully saturated rings. The van der Waals surface area contributed by atoms with E-state index in [1.807, 2.05) is 12.1 Å². The van der Waals surface area contributed by atoms with Gasteiger partial charge in [-0.15, -0.1) is 11.3 Å². The molecule has 0 saturated heterocycles. The Labute approximate surface area is 128 Å². The van der Waals surface area contributed by atoms with Crippen LogP contribution in [0.15, 0.2) is 23.6 Å². The highest BCUT2D eigenvalue weighted by atomic mass is 35.5. The van der Waals surface area contributed by atoms with Gasteiger partial charge in [0.25, 0.3) is 0 Å². The van der Waals surface area contributed by atoms with E-state index in [0.29, 0.717) is 11.6 Å². The zero-order valence-corrected chi connectivity index (χ0v) is 13.5. The average Bonchev–Trinajstić information content (AvgIpc) is 2.86. The summed E-state index contributed by atoms with van der Waals surface area (Å²) in [5.74, 6) is 0. The minimum Gasteiger partial charge on any atom is -0.392 e. The number of rotatable bonds is 4. The van der Waals surface area contributed by atoms with Gasteiger partial charge in [-0.25, -0.2) is 4.98 Å². The highest BCUT2D eigenvalue weighted by molar-refractivity contribution is 7.09. The minimum absolute atomic E-state index is 0.0112. The first kappa shape index (κ1) is 15.3. The second kappa shape index (κ2) is 6.12. The number of benzene rings is 1. The zero-order valence-electron chi connectivity index (χ0n) is 11.9. The van der Waals surface area contributed by atoms with Crippen LogP contribution in [0, 0.1) is 0 Å². The maximum atomic E-state index is 9.15. The predicted octanol–water partition coefficient (Wildman–Crippen LogP) is 4.20. The van der Waals surface area contributed by atoms with Gasteiger partial charge in [-0.1, -0.05) is 38.4 Å². The van der Waals surface area contributed by atoms with E-state index >= 15 is 0 Å². The molecular formula is C15H19ClN2OS. The fourth-order valence-corrected chi connectivity index (χ4v) is 2.86. The van der Waals surface area contributed by atoms with Gasteiger partial charge in [0, 0.05) is 10.8 Å². The summed E-state index contributed by atoms with van der Waals surface area (Å²) < 4.78 is 0. The maximum absolute atomic E-state index is 9.15. The number of aliphatic hydroxyl groups excluding tert-OH is 1. The Morgan fingerprint density at radius 1 is 1.35 bits per heavy atom. The van der Waals surface area contributed by atoms with Crippen LogP contribution < -0.4 is 5.32 Å². The Hall–Kier alpha value is -1.10. The van der Waals surface area contributed by atoms with Crippen molar-refractivity contribution in [2.45, 2.75) is 39.3 Å². The molecule has 0 bridgehead atoms. The molecule has 108 valence electrons. The first-order valence-electron chi connectivity index (χ1n) is 6.48. The third-order valence-electron chi connectivity index (χ3n) is 2.96. The molecule has 0 aliphatic heterocycles. The van der Waals surface area contributed by atoms with Gasteiger partial charge >= 0.3 is 0 Å². The number of thiazole rings is 1. The van der Waals surface area contributed by atoms with Crippen molar-refractivity contribution in [3.05, 3.63) is 44.9 Å². The lowest BCUT2D eigenvalue weighted by molar-refractivity contribution is 0.282. The molecule has 5 heteroatoms. The van der Waals surface area contributed by atoms with Crippen LogP contribution in [0.5, 0.6) is 0 Å². The van der Waals surface area contributed by atoms with Crippen LogP contribution in [0.3, 0.4) is 0 Å². The normalized spacial score (nSPS) is 11.7. The minimum atomic E-state index is 0.0112. The van der Waals surface area contributed by atoms with Crippen LogP contribution in [0.25, 0.3) is 0 Å². The first-order valence-corrected chi connectivity index (χ1v) is 7.74. The van der Waals surface area contributed by atoms with E-state index in [0.717, 1.165) is 22.0 Å². The van der Waals surface area contributed by atoms with E-state index in [1.165, 1.54) is 0 Å². The van der Waals surface area contributed by atoms with Crippen LogP contribution in [-0.2, 0) is 18.6 Å². The Morgan fingerprint density at radius 3 is 2.70 bits per heavy atom. The molecule has 2 N–H and O–H groups in total. The van der Waals surface area contributed by atoms with Crippen LogP contribution in [0.2, 0.25) is 5.02 Å². The van der Waals surface area contributed by atoms with Crippen molar-refractivity contribution in [2.24, 2.45) is 0 Å². The maximum Gasteiger partial charge on any atom is 0.112 e. The molecule has 0 atom stereocenters. The van der Waals surface area contributed by atoms with Gasteiger partial charge in [-0.3, -0.25) is 0 Å². The number of aromatic nitrogens is 1. The second-order valence-corrected chi connectivity index (χ2v) is 7.05. The average molecular weight is 311 g/mol. The van der Waals surface area contributed by atoms with Crippen LogP contribution in [0.4, 0.5) is 5.69 Å². The van der Waals surface area contributed by atoms with Crippen LogP contribution in [0.1, 0.15) is 37.0 Å². The summed E-state index contributed by atoms with van der Waals surface area (Å²) >= 11 is 7.78. The zero-order chi connectivity index (χ0) is 14.8.